The summed E-state index contributed by atoms with van der Waals surface area (Å²) in [7, 11) is 0. The molecule has 0 aliphatic carbocycles. The highest BCUT2D eigenvalue weighted by Crippen LogP contribution is 2.13. The number of carbonyl (C=O) groups is 2. The summed E-state index contributed by atoms with van der Waals surface area (Å²) >= 11 is 0. The van der Waals surface area contributed by atoms with Gasteiger partial charge >= 0.3 is 11.9 Å². The Morgan fingerprint density at radius 3 is 2.73 bits per heavy atom. The number of rotatable bonds is 7. The molecule has 0 rings (SSSR count). The third kappa shape index (κ3) is 5.20. The molecular weight excluding hydrogens is 201 g/mol. The zero-order valence-corrected chi connectivity index (χ0v) is 8.14. The van der Waals surface area contributed by atoms with Gasteiger partial charge in [0, 0.05) is 13.8 Å². The van der Waals surface area contributed by atoms with Crippen molar-refractivity contribution in [2.75, 3.05) is 0 Å². The molecule has 0 amide bonds. The van der Waals surface area contributed by atoms with Gasteiger partial charge in [-0.2, -0.15) is 0 Å². The van der Waals surface area contributed by atoms with E-state index >= 15 is 0 Å². The summed E-state index contributed by atoms with van der Waals surface area (Å²) < 4.78 is 43.3. The topological polar surface area (TPSA) is 74.6 Å². The zero-order chi connectivity index (χ0) is 16.8. The average Bonchev–Trinajstić information content (AvgIpc) is 2.24. The highest BCUT2D eigenvalue weighted by molar-refractivity contribution is 5.93. The fraction of sp³-hybridized carbons (Fsp3) is 0.636. The molecule has 0 aliphatic rings. The Balaban J connectivity index is 4.97. The van der Waals surface area contributed by atoms with Crippen LogP contribution in [0.4, 0.5) is 0 Å². The molecule has 2 N–H and O–H groups in total. The van der Waals surface area contributed by atoms with Crippen molar-refractivity contribution in [2.45, 2.75) is 39.4 Å². The molecule has 0 radical (unpaired) electrons. The van der Waals surface area contributed by atoms with Crippen molar-refractivity contribution >= 4 is 11.9 Å². The molecule has 3 unspecified atom stereocenters. The lowest BCUT2D eigenvalue weighted by Crippen LogP contribution is -2.18. The Morgan fingerprint density at radius 2 is 2.27 bits per heavy atom. The van der Waals surface area contributed by atoms with Crippen LogP contribution in [-0.2, 0) is 9.59 Å². The van der Waals surface area contributed by atoms with E-state index in [2.05, 4.69) is 0 Å². The van der Waals surface area contributed by atoms with E-state index in [1.165, 1.54) is 0 Å². The van der Waals surface area contributed by atoms with Crippen LogP contribution in [0, 0.1) is 5.92 Å². The summed E-state index contributed by atoms with van der Waals surface area (Å²) in [5, 5.41) is 17.8. The summed E-state index contributed by atoms with van der Waals surface area (Å²) in [6, 6.07) is 0. The van der Waals surface area contributed by atoms with Gasteiger partial charge in [-0.3, -0.25) is 4.79 Å². The molecule has 0 aromatic rings. The highest BCUT2D eigenvalue weighted by Gasteiger charge is 2.21. The lowest BCUT2D eigenvalue weighted by molar-refractivity contribution is -0.143. The van der Waals surface area contributed by atoms with Gasteiger partial charge in [0.15, 0.2) is 0 Å². The summed E-state index contributed by atoms with van der Waals surface area (Å²) in [6.45, 7) is -2.99. The van der Waals surface area contributed by atoms with Crippen LogP contribution in [-0.4, -0.2) is 22.2 Å². The van der Waals surface area contributed by atoms with Crippen LogP contribution >= 0.6 is 0 Å². The Kier molecular flexibility index (Phi) is 2.96. The summed E-state index contributed by atoms with van der Waals surface area (Å²) in [6.07, 6.45) is -2.07. The summed E-state index contributed by atoms with van der Waals surface area (Å²) in [5.74, 6) is -4.57. The maximum atomic E-state index is 11.0. The van der Waals surface area contributed by atoms with Crippen LogP contribution in [0.25, 0.3) is 0 Å². The maximum Gasteiger partial charge on any atom is 0.332 e. The van der Waals surface area contributed by atoms with Crippen LogP contribution in [0.1, 0.15) is 47.6 Å². The van der Waals surface area contributed by atoms with Crippen molar-refractivity contribution in [1.29, 1.82) is 0 Å². The van der Waals surface area contributed by atoms with E-state index < -0.39 is 56.4 Å². The minimum absolute atomic E-state index is 0.223. The van der Waals surface area contributed by atoms with Gasteiger partial charge in [-0.15, -0.1) is 0 Å². The molecule has 0 aromatic carbocycles. The lowest BCUT2D eigenvalue weighted by Gasteiger charge is -2.07. The Hall–Kier alpha value is -1.32. The number of aliphatic carboxylic acids is 2. The normalized spacial score (nSPS) is 24.4. The van der Waals surface area contributed by atoms with E-state index in [4.69, 9.17) is 18.4 Å². The van der Waals surface area contributed by atoms with Crippen LogP contribution in [0.5, 0.6) is 0 Å². The molecule has 3 atom stereocenters. The predicted octanol–water partition coefficient (Wildman–Crippen LogP) is 2.30. The largest absolute Gasteiger partial charge is 0.481 e. The van der Waals surface area contributed by atoms with Gasteiger partial charge in [-0.05, 0) is 19.7 Å². The number of carboxylic acids is 2. The standard InChI is InChI=1S/C11H18O4/c1-3-4-5-6-7-9(11(14)15)8(2)10(12)13/h7-8H,3-6H2,1-2H3,(H,12,13)(H,14,15)/b9-7+/i1+1D3,2+1D,4+1D,6+1D,9+1. The molecule has 0 heterocycles. The van der Waals surface area contributed by atoms with Gasteiger partial charge in [-0.1, -0.05) is 25.7 Å². The molecule has 4 heteroatoms. The van der Waals surface area contributed by atoms with Gasteiger partial charge < -0.3 is 10.2 Å². The summed E-state index contributed by atoms with van der Waals surface area (Å²) in [4.78, 5) is 21.9. The Bertz CT molecular complexity index is 406. The first-order valence-electron chi connectivity index (χ1n) is 7.65. The Labute approximate surface area is 98.0 Å². The third-order valence-electron chi connectivity index (χ3n) is 1.66. The van der Waals surface area contributed by atoms with E-state index in [1.54, 1.807) is 0 Å². The monoisotopic (exact) mass is 225 g/mol. The highest BCUT2D eigenvalue weighted by atomic mass is 16.4. The van der Waals surface area contributed by atoms with Crippen molar-refractivity contribution in [3.8, 4) is 0 Å². The first-order chi connectivity index (χ1) is 9.47. The molecule has 0 saturated heterocycles. The van der Waals surface area contributed by atoms with Crippen molar-refractivity contribution in [3.63, 3.8) is 0 Å². The number of hydrogen-bond donors (Lipinski definition) is 2. The van der Waals surface area contributed by atoms with E-state index in [0.29, 0.717) is 0 Å². The molecule has 0 spiro atoms. The fourth-order valence-corrected chi connectivity index (χ4v) is 0.844. The molecule has 86 valence electrons. The van der Waals surface area contributed by atoms with Crippen LogP contribution in [0.15, 0.2) is 11.6 Å². The van der Waals surface area contributed by atoms with Gasteiger partial charge in [0.05, 0.1) is 5.92 Å². The number of allylic oxidation sites excluding steroid dienone is 1. The van der Waals surface area contributed by atoms with E-state index in [0.717, 1.165) is 6.08 Å². The second kappa shape index (κ2) is 7.04. The minimum atomic E-state index is -2.31. The van der Waals surface area contributed by atoms with Crippen molar-refractivity contribution in [3.05, 3.63) is 11.6 Å². The van der Waals surface area contributed by atoms with E-state index in [9.17, 15) is 9.59 Å². The lowest BCUT2D eigenvalue weighted by atomic mass is 10.3. The SMILES string of the molecule is [2H][13CH2]C(C(=O)O)/[13C](=C\[13CH]([2H])C[13CH]([2H])C[13C]([2H])([2H])[2H])C(=O)O. The molecule has 4 nitrogen and oxygen atoms in total. The van der Waals surface area contributed by atoms with Crippen LogP contribution < -0.4 is 0 Å². The van der Waals surface area contributed by atoms with Crippen molar-refractivity contribution < 1.29 is 28.0 Å². The average molecular weight is 225 g/mol. The number of hydrogen-bond acceptors (Lipinski definition) is 2. The zero-order valence-electron chi connectivity index (χ0n) is 14.1. The summed E-state index contributed by atoms with van der Waals surface area (Å²) in [5.41, 5.74) is -0.585. The van der Waals surface area contributed by atoms with Crippen molar-refractivity contribution in [1.82, 2.24) is 0 Å². The molecule has 0 aliphatic heterocycles. The second-order valence-corrected chi connectivity index (χ2v) is 2.78. The molecular formula is C11H18O4. The van der Waals surface area contributed by atoms with Crippen LogP contribution in [0.3, 0.4) is 0 Å². The first kappa shape index (κ1) is 6.30. The number of carboxylic acid groups (broad SMARTS) is 2. The van der Waals surface area contributed by atoms with Gasteiger partial charge in [0.1, 0.15) is 0 Å². The minimum Gasteiger partial charge on any atom is -0.481 e. The van der Waals surface area contributed by atoms with Crippen LogP contribution in [0.2, 0.25) is 0 Å². The quantitative estimate of drug-likeness (QED) is 0.515. The molecule has 0 bridgehead atoms. The van der Waals surface area contributed by atoms with Gasteiger partial charge in [0.25, 0.3) is 0 Å². The fourth-order valence-electron chi connectivity index (χ4n) is 0.844. The first-order valence-corrected chi connectivity index (χ1v) is 4.29. The van der Waals surface area contributed by atoms with Gasteiger partial charge in [-0.25, -0.2) is 4.79 Å². The molecule has 15 heavy (non-hydrogen) atoms. The Morgan fingerprint density at radius 1 is 1.53 bits per heavy atom. The molecule has 0 fully saturated rings. The maximum absolute atomic E-state index is 11.0. The smallest absolute Gasteiger partial charge is 0.332 e. The molecule has 0 aromatic heterocycles. The van der Waals surface area contributed by atoms with Crippen molar-refractivity contribution in [2.24, 2.45) is 5.92 Å². The van der Waals surface area contributed by atoms with E-state index in [-0.39, 0.29) is 6.42 Å². The van der Waals surface area contributed by atoms with E-state index in [1.807, 2.05) is 0 Å². The predicted molar refractivity (Wildman–Crippen MR) is 56.7 cm³/mol. The second-order valence-electron chi connectivity index (χ2n) is 2.78. The van der Waals surface area contributed by atoms with Gasteiger partial charge in [0.2, 0.25) is 0 Å². The third-order valence-corrected chi connectivity index (χ3v) is 1.66. The molecule has 0 saturated carbocycles.